The van der Waals surface area contributed by atoms with Gasteiger partial charge in [-0.05, 0) is 37.8 Å². The summed E-state index contributed by atoms with van der Waals surface area (Å²) in [4.78, 5) is 17.0. The van der Waals surface area contributed by atoms with Crippen LogP contribution in [0.5, 0.6) is 0 Å². The minimum Gasteiger partial charge on any atom is -0.314 e. The Bertz CT molecular complexity index is 497. The van der Waals surface area contributed by atoms with E-state index in [0.29, 0.717) is 18.4 Å². The Kier molecular flexibility index (Phi) is 8.96. The van der Waals surface area contributed by atoms with Crippen LogP contribution < -0.4 is 5.32 Å². The highest BCUT2D eigenvalue weighted by atomic mass is 32.1. The summed E-state index contributed by atoms with van der Waals surface area (Å²) in [6.07, 6.45) is 5.55. The summed E-state index contributed by atoms with van der Waals surface area (Å²) < 4.78 is 0. The third-order valence-corrected chi connectivity index (χ3v) is 5.28. The molecule has 0 bridgehead atoms. The Hall–Kier alpha value is -0.880. The van der Waals surface area contributed by atoms with E-state index < -0.39 is 0 Å². The first-order valence-corrected chi connectivity index (χ1v) is 9.53. The summed E-state index contributed by atoms with van der Waals surface area (Å²) in [6.45, 7) is 6.99. The molecule has 0 radical (unpaired) electrons. The SMILES string of the molecule is O=C(CCCC1CCCN1)CN1CCN(Cc2ccccc2)CC1.S. The number of hydrogen-bond acceptors (Lipinski definition) is 4. The summed E-state index contributed by atoms with van der Waals surface area (Å²) in [5.74, 6) is 0.421. The lowest BCUT2D eigenvalue weighted by molar-refractivity contribution is -0.120. The van der Waals surface area contributed by atoms with Crippen molar-refractivity contribution in [3.63, 3.8) is 0 Å². The predicted molar refractivity (Wildman–Crippen MR) is 108 cm³/mol. The van der Waals surface area contributed by atoms with Crippen molar-refractivity contribution in [2.75, 3.05) is 39.3 Å². The Labute approximate surface area is 159 Å². The second-order valence-electron chi connectivity index (χ2n) is 7.26. The van der Waals surface area contributed by atoms with Gasteiger partial charge in [-0.15, -0.1) is 0 Å². The van der Waals surface area contributed by atoms with E-state index in [1.807, 2.05) is 0 Å². The van der Waals surface area contributed by atoms with Gasteiger partial charge in [0.1, 0.15) is 5.78 Å². The molecule has 0 amide bonds. The fourth-order valence-electron chi connectivity index (χ4n) is 3.82. The molecule has 4 nitrogen and oxygen atoms in total. The number of nitrogens with zero attached hydrogens (tertiary/aromatic N) is 2. The predicted octanol–water partition coefficient (Wildman–Crippen LogP) is 2.41. The quantitative estimate of drug-likeness (QED) is 0.769. The number of carbonyl (C=O) groups excluding carboxylic acids is 1. The Morgan fingerprint density at radius 1 is 1.08 bits per heavy atom. The zero-order chi connectivity index (χ0) is 16.6. The maximum atomic E-state index is 12.2. The van der Waals surface area contributed by atoms with Crippen LogP contribution >= 0.6 is 13.5 Å². The van der Waals surface area contributed by atoms with Crippen LogP contribution in [0.25, 0.3) is 0 Å². The highest BCUT2D eigenvalue weighted by Crippen LogP contribution is 2.13. The van der Waals surface area contributed by atoms with Gasteiger partial charge in [0, 0.05) is 45.2 Å². The van der Waals surface area contributed by atoms with Gasteiger partial charge in [0.25, 0.3) is 0 Å². The van der Waals surface area contributed by atoms with Crippen LogP contribution in [-0.2, 0) is 11.3 Å². The molecule has 25 heavy (non-hydrogen) atoms. The first kappa shape index (κ1) is 20.4. The monoisotopic (exact) mass is 363 g/mol. The lowest BCUT2D eigenvalue weighted by Gasteiger charge is -2.34. The topological polar surface area (TPSA) is 35.6 Å². The number of rotatable bonds is 8. The smallest absolute Gasteiger partial charge is 0.146 e. The van der Waals surface area contributed by atoms with Crippen molar-refractivity contribution in [2.24, 2.45) is 0 Å². The van der Waals surface area contributed by atoms with Crippen molar-refractivity contribution < 1.29 is 4.79 Å². The van der Waals surface area contributed by atoms with Gasteiger partial charge in [0.2, 0.25) is 0 Å². The molecule has 3 rings (SSSR count). The largest absolute Gasteiger partial charge is 0.314 e. The average Bonchev–Trinajstić information content (AvgIpc) is 3.11. The van der Waals surface area contributed by atoms with Crippen LogP contribution in [0.15, 0.2) is 30.3 Å². The summed E-state index contributed by atoms with van der Waals surface area (Å²) in [7, 11) is 0. The van der Waals surface area contributed by atoms with Crippen molar-refractivity contribution >= 4 is 19.3 Å². The summed E-state index contributed by atoms with van der Waals surface area (Å²) in [6, 6.07) is 11.3. The molecule has 2 fully saturated rings. The average molecular weight is 364 g/mol. The van der Waals surface area contributed by atoms with Gasteiger partial charge < -0.3 is 5.32 Å². The van der Waals surface area contributed by atoms with Gasteiger partial charge in [-0.3, -0.25) is 14.6 Å². The highest BCUT2D eigenvalue weighted by molar-refractivity contribution is 7.59. The van der Waals surface area contributed by atoms with Crippen LogP contribution in [0.2, 0.25) is 0 Å². The number of carbonyl (C=O) groups is 1. The van der Waals surface area contributed by atoms with E-state index in [9.17, 15) is 4.79 Å². The van der Waals surface area contributed by atoms with E-state index in [-0.39, 0.29) is 13.5 Å². The molecule has 0 aliphatic carbocycles. The van der Waals surface area contributed by atoms with E-state index >= 15 is 0 Å². The standard InChI is InChI=1S/C20H31N3O.H2S/c24-20(10-4-8-19-9-5-11-21-19)17-23-14-12-22(13-15-23)16-18-6-2-1-3-7-18;/h1-3,6-7,19,21H,4-5,8-17H2;1H2. The third-order valence-electron chi connectivity index (χ3n) is 5.28. The molecule has 0 saturated carbocycles. The second-order valence-corrected chi connectivity index (χ2v) is 7.26. The van der Waals surface area contributed by atoms with Gasteiger partial charge >= 0.3 is 0 Å². The van der Waals surface area contributed by atoms with E-state index in [1.54, 1.807) is 0 Å². The van der Waals surface area contributed by atoms with Gasteiger partial charge in [-0.1, -0.05) is 30.3 Å². The molecule has 1 aromatic rings. The molecule has 140 valence electrons. The van der Waals surface area contributed by atoms with Crippen molar-refractivity contribution in [1.82, 2.24) is 15.1 Å². The molecular formula is C20H33N3OS. The summed E-state index contributed by atoms with van der Waals surface area (Å²) in [5, 5.41) is 3.51. The molecule has 1 atom stereocenters. The highest BCUT2D eigenvalue weighted by Gasteiger charge is 2.19. The van der Waals surface area contributed by atoms with Crippen molar-refractivity contribution in [3.05, 3.63) is 35.9 Å². The number of hydrogen-bond donors (Lipinski definition) is 1. The molecule has 2 aliphatic heterocycles. The zero-order valence-electron chi connectivity index (χ0n) is 15.3. The molecule has 1 aromatic carbocycles. The van der Waals surface area contributed by atoms with Crippen LogP contribution in [-0.4, -0.2) is 60.9 Å². The van der Waals surface area contributed by atoms with Crippen molar-refractivity contribution in [2.45, 2.75) is 44.7 Å². The van der Waals surface area contributed by atoms with Gasteiger partial charge in [-0.25, -0.2) is 0 Å². The lowest BCUT2D eigenvalue weighted by Crippen LogP contribution is -2.47. The zero-order valence-corrected chi connectivity index (χ0v) is 16.3. The van der Waals surface area contributed by atoms with E-state index in [1.165, 1.54) is 18.4 Å². The molecule has 0 aromatic heterocycles. The normalized spacial score (nSPS) is 21.8. The van der Waals surface area contributed by atoms with E-state index in [4.69, 9.17) is 0 Å². The minimum absolute atomic E-state index is 0. The first-order chi connectivity index (χ1) is 11.8. The van der Waals surface area contributed by atoms with Gasteiger partial charge in [0.15, 0.2) is 0 Å². The number of piperazine rings is 1. The minimum atomic E-state index is 0. The first-order valence-electron chi connectivity index (χ1n) is 9.53. The summed E-state index contributed by atoms with van der Waals surface area (Å²) >= 11 is 0. The molecule has 1 N–H and O–H groups in total. The Morgan fingerprint density at radius 2 is 1.80 bits per heavy atom. The van der Waals surface area contributed by atoms with Crippen LogP contribution in [0.1, 0.15) is 37.7 Å². The van der Waals surface area contributed by atoms with Crippen LogP contribution in [0, 0.1) is 0 Å². The summed E-state index contributed by atoms with van der Waals surface area (Å²) in [5.41, 5.74) is 1.38. The molecule has 1 unspecified atom stereocenters. The van der Waals surface area contributed by atoms with Crippen LogP contribution in [0.3, 0.4) is 0 Å². The molecule has 2 aliphatic rings. The van der Waals surface area contributed by atoms with E-state index in [2.05, 4.69) is 45.4 Å². The lowest BCUT2D eigenvalue weighted by atomic mass is 10.1. The molecule has 2 saturated heterocycles. The fraction of sp³-hybridized carbons (Fsp3) is 0.650. The van der Waals surface area contributed by atoms with Gasteiger partial charge in [0.05, 0.1) is 6.54 Å². The number of benzene rings is 1. The number of nitrogens with one attached hydrogen (secondary N) is 1. The fourth-order valence-corrected chi connectivity index (χ4v) is 3.82. The molecule has 0 spiro atoms. The Morgan fingerprint density at radius 3 is 2.48 bits per heavy atom. The molecular weight excluding hydrogens is 330 g/mol. The number of Topliss-reactive ketones (excluding diaryl/α,β-unsaturated/α-hetero) is 1. The van der Waals surface area contributed by atoms with Gasteiger partial charge in [-0.2, -0.15) is 13.5 Å². The maximum Gasteiger partial charge on any atom is 0.146 e. The maximum absolute atomic E-state index is 12.2. The third kappa shape index (κ3) is 7.10. The van der Waals surface area contributed by atoms with E-state index in [0.717, 1.165) is 58.5 Å². The second kappa shape index (κ2) is 11.0. The van der Waals surface area contributed by atoms with Crippen molar-refractivity contribution in [1.29, 1.82) is 0 Å². The molecule has 2 heterocycles. The van der Waals surface area contributed by atoms with Crippen molar-refractivity contribution in [3.8, 4) is 0 Å². The number of ketones is 1. The Balaban J connectivity index is 0.00000225. The molecule has 5 heteroatoms. The van der Waals surface area contributed by atoms with Crippen LogP contribution in [0.4, 0.5) is 0 Å².